The van der Waals surface area contributed by atoms with Crippen LogP contribution in [0.2, 0.25) is 0 Å². The third-order valence-electron chi connectivity index (χ3n) is 4.74. The van der Waals surface area contributed by atoms with E-state index < -0.39 is 35.0 Å². The van der Waals surface area contributed by atoms with E-state index in [4.69, 9.17) is 0 Å². The zero-order chi connectivity index (χ0) is 22.1. The number of fused-ring (bicyclic) bond motifs is 1. The SMILES string of the molecule is C[NH+](C)CCCNC(=O)C1(O)c2cc(Br)ccc2NC(=O)N1c1c(F)cccc1F. The smallest absolute Gasteiger partial charge is 0.329 e. The molecule has 1 unspecified atom stereocenters. The molecule has 3 rings (SSSR count). The number of para-hydroxylation sites is 1. The highest BCUT2D eigenvalue weighted by Crippen LogP contribution is 2.42. The van der Waals surface area contributed by atoms with Gasteiger partial charge < -0.3 is 20.6 Å². The molecular formula is C20H22BrF2N4O3+. The first-order valence-corrected chi connectivity index (χ1v) is 10.1. The first kappa shape index (κ1) is 22.1. The molecule has 1 aliphatic rings. The van der Waals surface area contributed by atoms with E-state index in [1.54, 1.807) is 6.07 Å². The lowest BCUT2D eigenvalue weighted by molar-refractivity contribution is -0.858. The van der Waals surface area contributed by atoms with E-state index in [0.717, 1.165) is 24.7 Å². The minimum atomic E-state index is -2.67. The summed E-state index contributed by atoms with van der Waals surface area (Å²) >= 11 is 3.27. The number of aliphatic hydroxyl groups is 1. The summed E-state index contributed by atoms with van der Waals surface area (Å²) in [5.41, 5.74) is -3.35. The molecule has 0 saturated carbocycles. The van der Waals surface area contributed by atoms with Crippen molar-refractivity contribution in [2.24, 2.45) is 0 Å². The number of anilines is 2. The van der Waals surface area contributed by atoms with Crippen LogP contribution in [0.5, 0.6) is 0 Å². The summed E-state index contributed by atoms with van der Waals surface area (Å²) in [7, 11) is 3.91. The minimum Gasteiger partial charge on any atom is -0.359 e. The molecule has 3 amide bonds. The summed E-state index contributed by atoms with van der Waals surface area (Å²) in [6.45, 7) is 0.970. The number of carbonyl (C=O) groups is 2. The van der Waals surface area contributed by atoms with Gasteiger partial charge in [0, 0.05) is 23.0 Å². The van der Waals surface area contributed by atoms with Gasteiger partial charge in [-0.15, -0.1) is 0 Å². The van der Waals surface area contributed by atoms with Crippen LogP contribution in [-0.4, -0.2) is 44.2 Å². The molecule has 2 aromatic carbocycles. The fourth-order valence-corrected chi connectivity index (χ4v) is 3.67. The molecule has 4 N–H and O–H groups in total. The van der Waals surface area contributed by atoms with Crippen LogP contribution in [-0.2, 0) is 10.5 Å². The lowest BCUT2D eigenvalue weighted by Gasteiger charge is -2.42. The molecule has 0 aliphatic carbocycles. The molecule has 1 atom stereocenters. The highest BCUT2D eigenvalue weighted by Gasteiger charge is 2.53. The number of hydrogen-bond acceptors (Lipinski definition) is 3. The van der Waals surface area contributed by atoms with Crippen LogP contribution < -0.4 is 20.4 Å². The van der Waals surface area contributed by atoms with Crippen molar-refractivity contribution in [3.05, 3.63) is 58.1 Å². The Morgan fingerprint density at radius 3 is 2.57 bits per heavy atom. The van der Waals surface area contributed by atoms with Gasteiger partial charge in [-0.3, -0.25) is 4.79 Å². The Balaban J connectivity index is 2.10. The van der Waals surface area contributed by atoms with Crippen molar-refractivity contribution in [3.8, 4) is 0 Å². The molecule has 2 aromatic rings. The zero-order valence-electron chi connectivity index (χ0n) is 16.4. The molecule has 0 saturated heterocycles. The summed E-state index contributed by atoms with van der Waals surface area (Å²) in [6, 6.07) is 6.49. The molecule has 0 radical (unpaired) electrons. The fourth-order valence-electron chi connectivity index (χ4n) is 3.31. The number of benzene rings is 2. The summed E-state index contributed by atoms with van der Waals surface area (Å²) < 4.78 is 29.6. The predicted octanol–water partition coefficient (Wildman–Crippen LogP) is 1.58. The molecule has 1 aliphatic heterocycles. The summed E-state index contributed by atoms with van der Waals surface area (Å²) in [6.07, 6.45) is 0.607. The van der Waals surface area contributed by atoms with Gasteiger partial charge in [0.05, 0.1) is 26.3 Å². The maximum absolute atomic E-state index is 14.5. The van der Waals surface area contributed by atoms with Crippen molar-refractivity contribution >= 4 is 39.2 Å². The topological polar surface area (TPSA) is 86.1 Å². The number of amides is 3. The molecule has 10 heteroatoms. The van der Waals surface area contributed by atoms with E-state index in [9.17, 15) is 23.5 Å². The van der Waals surface area contributed by atoms with E-state index in [1.807, 2.05) is 14.1 Å². The highest BCUT2D eigenvalue weighted by molar-refractivity contribution is 9.10. The van der Waals surface area contributed by atoms with Crippen molar-refractivity contribution in [1.29, 1.82) is 0 Å². The average molecular weight is 484 g/mol. The number of nitrogens with one attached hydrogen (secondary N) is 3. The minimum absolute atomic E-state index is 0.0186. The lowest BCUT2D eigenvalue weighted by Crippen LogP contribution is -3.05. The van der Waals surface area contributed by atoms with Gasteiger partial charge in [0.15, 0.2) is 0 Å². The number of nitrogens with zero attached hydrogens (tertiary/aromatic N) is 1. The maximum Gasteiger partial charge on any atom is 0.329 e. The molecule has 7 nitrogen and oxygen atoms in total. The molecule has 1 heterocycles. The lowest BCUT2D eigenvalue weighted by atomic mass is 9.94. The van der Waals surface area contributed by atoms with Gasteiger partial charge >= 0.3 is 6.03 Å². The van der Waals surface area contributed by atoms with E-state index in [0.29, 0.717) is 15.8 Å². The summed E-state index contributed by atoms with van der Waals surface area (Å²) in [5, 5.41) is 16.6. The van der Waals surface area contributed by atoms with Gasteiger partial charge in [-0.1, -0.05) is 22.0 Å². The second-order valence-electron chi connectivity index (χ2n) is 7.26. The van der Waals surface area contributed by atoms with Crippen LogP contribution in [0.3, 0.4) is 0 Å². The van der Waals surface area contributed by atoms with Gasteiger partial charge in [0.25, 0.3) is 11.6 Å². The molecule has 0 aromatic heterocycles. The van der Waals surface area contributed by atoms with Crippen molar-refractivity contribution in [3.63, 3.8) is 0 Å². The normalized spacial score (nSPS) is 18.2. The monoisotopic (exact) mass is 483 g/mol. The molecular weight excluding hydrogens is 462 g/mol. The Morgan fingerprint density at radius 2 is 1.93 bits per heavy atom. The number of rotatable bonds is 6. The molecule has 0 bridgehead atoms. The summed E-state index contributed by atoms with van der Waals surface area (Å²) in [5.74, 6) is -3.15. The number of hydrogen-bond donors (Lipinski definition) is 4. The van der Waals surface area contributed by atoms with Crippen molar-refractivity contribution in [2.75, 3.05) is 37.4 Å². The van der Waals surface area contributed by atoms with E-state index in [1.165, 1.54) is 17.0 Å². The summed E-state index contributed by atoms with van der Waals surface area (Å²) in [4.78, 5) is 27.5. The fraction of sp³-hybridized carbons (Fsp3) is 0.300. The second kappa shape index (κ2) is 8.66. The van der Waals surface area contributed by atoms with Crippen LogP contribution >= 0.6 is 15.9 Å². The zero-order valence-corrected chi connectivity index (χ0v) is 18.0. The van der Waals surface area contributed by atoms with Crippen LogP contribution in [0.25, 0.3) is 0 Å². The third-order valence-corrected chi connectivity index (χ3v) is 5.24. The Hall–Kier alpha value is -2.56. The Morgan fingerprint density at radius 1 is 1.27 bits per heavy atom. The van der Waals surface area contributed by atoms with E-state index in [2.05, 4.69) is 26.6 Å². The highest BCUT2D eigenvalue weighted by atomic mass is 79.9. The Kier molecular flexibility index (Phi) is 6.39. The average Bonchev–Trinajstić information content (AvgIpc) is 2.67. The molecule has 0 fully saturated rings. The van der Waals surface area contributed by atoms with Gasteiger partial charge in [-0.2, -0.15) is 0 Å². The number of urea groups is 1. The van der Waals surface area contributed by atoms with Gasteiger partial charge in [-0.25, -0.2) is 18.5 Å². The van der Waals surface area contributed by atoms with Crippen LogP contribution in [0, 0.1) is 11.6 Å². The molecule has 30 heavy (non-hydrogen) atoms. The number of carbonyl (C=O) groups excluding carboxylic acids is 2. The third kappa shape index (κ3) is 4.03. The predicted molar refractivity (Wildman–Crippen MR) is 111 cm³/mol. The van der Waals surface area contributed by atoms with Crippen LogP contribution in [0.15, 0.2) is 40.9 Å². The maximum atomic E-state index is 14.5. The first-order chi connectivity index (χ1) is 14.2. The van der Waals surface area contributed by atoms with Gasteiger partial charge in [0.1, 0.15) is 17.3 Å². The second-order valence-corrected chi connectivity index (χ2v) is 8.18. The largest absolute Gasteiger partial charge is 0.359 e. The van der Waals surface area contributed by atoms with E-state index >= 15 is 0 Å². The number of quaternary nitrogens is 1. The Labute approximate surface area is 180 Å². The molecule has 0 spiro atoms. The first-order valence-electron chi connectivity index (χ1n) is 9.31. The van der Waals surface area contributed by atoms with Crippen LogP contribution in [0.4, 0.5) is 25.0 Å². The van der Waals surface area contributed by atoms with Gasteiger partial charge in [0.2, 0.25) is 0 Å². The Bertz CT molecular complexity index is 968. The molecule has 160 valence electrons. The standard InChI is InChI=1S/C20H21BrF2N4O3/c1-26(2)10-4-9-24-18(28)20(30)13-11-12(21)7-8-16(13)25-19(29)27(20)17-14(22)5-3-6-15(17)23/h3,5-8,11,30H,4,9-10H2,1-2H3,(H,24,28)(H,25,29)/p+1. The quantitative estimate of drug-likeness (QED) is 0.470. The van der Waals surface area contributed by atoms with Gasteiger partial charge in [-0.05, 0) is 30.3 Å². The van der Waals surface area contributed by atoms with Crippen LogP contribution in [0.1, 0.15) is 12.0 Å². The van der Waals surface area contributed by atoms with Crippen molar-refractivity contribution in [1.82, 2.24) is 5.32 Å². The number of halogens is 3. The van der Waals surface area contributed by atoms with E-state index in [-0.39, 0.29) is 17.8 Å². The van der Waals surface area contributed by atoms with Crippen molar-refractivity contribution in [2.45, 2.75) is 12.1 Å². The van der Waals surface area contributed by atoms with Crippen molar-refractivity contribution < 1.29 is 28.4 Å².